The van der Waals surface area contributed by atoms with Gasteiger partial charge in [-0.15, -0.1) is 13.2 Å². The van der Waals surface area contributed by atoms with Crippen molar-refractivity contribution in [3.05, 3.63) is 29.3 Å². The molecule has 0 aromatic heterocycles. The van der Waals surface area contributed by atoms with Crippen molar-refractivity contribution in [2.24, 2.45) is 0 Å². The highest BCUT2D eigenvalue weighted by Gasteiger charge is 2.34. The second-order valence-electron chi connectivity index (χ2n) is 3.82. The Kier molecular flexibility index (Phi) is 5.09. The Morgan fingerprint density at radius 2 is 2.05 bits per heavy atom. The predicted octanol–water partition coefficient (Wildman–Crippen LogP) is 1.83. The molecule has 0 radical (unpaired) electrons. The highest BCUT2D eigenvalue weighted by Crippen LogP contribution is 2.33. The Morgan fingerprint density at radius 1 is 1.40 bits per heavy atom. The van der Waals surface area contributed by atoms with E-state index in [4.69, 9.17) is 5.11 Å². The predicted molar refractivity (Wildman–Crippen MR) is 60.1 cm³/mol. The van der Waals surface area contributed by atoms with E-state index in [1.54, 1.807) is 0 Å². The summed E-state index contributed by atoms with van der Waals surface area (Å²) in [6.07, 6.45) is -6.67. The smallest absolute Gasteiger partial charge is 0.479 e. The molecule has 0 heterocycles. The summed E-state index contributed by atoms with van der Waals surface area (Å²) in [6.45, 7) is 0. The van der Waals surface area contributed by atoms with E-state index in [0.717, 1.165) is 6.07 Å². The third-order valence-electron chi connectivity index (χ3n) is 2.42. The minimum absolute atomic E-state index is 0.00176. The number of rotatable bonds is 6. The molecule has 110 valence electrons. The zero-order chi connectivity index (χ0) is 15.3. The number of carbonyl (C=O) groups excluding carboxylic acids is 1. The molecule has 1 aromatic rings. The number of carboxylic acid groups (broad SMARTS) is 1. The lowest BCUT2D eigenvalue weighted by Gasteiger charge is -2.18. The summed E-state index contributed by atoms with van der Waals surface area (Å²) in [4.78, 5) is 21.1. The first-order valence-electron chi connectivity index (χ1n) is 5.48. The number of aliphatic hydroxyl groups is 1. The molecular formula is C12H11F3O5. The molecule has 0 bridgehead atoms. The SMILES string of the molecule is O=CCCc1cccc(OC(F)(F)F)c1C(O)C(=O)O. The Balaban J connectivity index is 3.28. The number of aryl methyl sites for hydroxylation is 1. The summed E-state index contributed by atoms with van der Waals surface area (Å²) in [6, 6.07) is 3.45. The third kappa shape index (κ3) is 4.23. The third-order valence-corrected chi connectivity index (χ3v) is 2.42. The second-order valence-corrected chi connectivity index (χ2v) is 3.82. The maximum Gasteiger partial charge on any atom is 0.573 e. The monoisotopic (exact) mass is 292 g/mol. The lowest BCUT2D eigenvalue weighted by molar-refractivity contribution is -0.275. The minimum atomic E-state index is -5.02. The van der Waals surface area contributed by atoms with Crippen LogP contribution in [0.25, 0.3) is 0 Å². The van der Waals surface area contributed by atoms with Crippen LogP contribution in [0, 0.1) is 0 Å². The van der Waals surface area contributed by atoms with Gasteiger partial charge in [-0.05, 0) is 18.1 Å². The molecule has 0 amide bonds. The van der Waals surface area contributed by atoms with Crippen LogP contribution in [-0.4, -0.2) is 28.8 Å². The van der Waals surface area contributed by atoms with Gasteiger partial charge in [0.25, 0.3) is 0 Å². The van der Waals surface area contributed by atoms with E-state index in [1.165, 1.54) is 12.1 Å². The number of hydrogen-bond acceptors (Lipinski definition) is 4. The number of aliphatic carboxylic acids is 1. The lowest BCUT2D eigenvalue weighted by Crippen LogP contribution is -2.21. The number of benzene rings is 1. The van der Waals surface area contributed by atoms with Crippen LogP contribution in [-0.2, 0) is 16.0 Å². The zero-order valence-electron chi connectivity index (χ0n) is 10.1. The molecule has 8 heteroatoms. The van der Waals surface area contributed by atoms with Crippen LogP contribution in [0.5, 0.6) is 5.75 Å². The molecule has 0 saturated carbocycles. The van der Waals surface area contributed by atoms with Crippen LogP contribution in [0.1, 0.15) is 23.7 Å². The Labute approximate surface area is 111 Å². The first-order valence-corrected chi connectivity index (χ1v) is 5.48. The van der Waals surface area contributed by atoms with E-state index in [2.05, 4.69) is 4.74 Å². The summed E-state index contributed by atoms with van der Waals surface area (Å²) >= 11 is 0. The Hall–Kier alpha value is -2.09. The van der Waals surface area contributed by atoms with Gasteiger partial charge in [-0.3, -0.25) is 0 Å². The average Bonchev–Trinajstić information content (AvgIpc) is 2.33. The minimum Gasteiger partial charge on any atom is -0.479 e. The molecule has 0 saturated heterocycles. The summed E-state index contributed by atoms with van der Waals surface area (Å²) in [5.41, 5.74) is -0.395. The molecular weight excluding hydrogens is 281 g/mol. The van der Waals surface area contributed by atoms with Crippen molar-refractivity contribution < 1.29 is 37.7 Å². The number of alkyl halides is 3. The fourth-order valence-electron chi connectivity index (χ4n) is 1.67. The molecule has 0 aliphatic rings. The van der Waals surface area contributed by atoms with Gasteiger partial charge < -0.3 is 19.7 Å². The van der Waals surface area contributed by atoms with E-state index >= 15 is 0 Å². The molecule has 0 fully saturated rings. The van der Waals surface area contributed by atoms with Gasteiger partial charge in [0.2, 0.25) is 0 Å². The molecule has 0 aliphatic heterocycles. The molecule has 1 unspecified atom stereocenters. The van der Waals surface area contributed by atoms with Crippen LogP contribution < -0.4 is 4.74 Å². The zero-order valence-corrected chi connectivity index (χ0v) is 10.1. The maximum absolute atomic E-state index is 12.3. The van der Waals surface area contributed by atoms with Crippen LogP contribution in [0.15, 0.2) is 18.2 Å². The molecule has 1 atom stereocenters. The molecule has 2 N–H and O–H groups in total. The number of carboxylic acids is 1. The van der Waals surface area contributed by atoms with E-state index < -0.39 is 29.7 Å². The summed E-state index contributed by atoms with van der Waals surface area (Å²) < 4.78 is 40.5. The molecule has 20 heavy (non-hydrogen) atoms. The fraction of sp³-hybridized carbons (Fsp3) is 0.333. The van der Waals surface area contributed by atoms with Gasteiger partial charge in [0.15, 0.2) is 6.10 Å². The fourth-order valence-corrected chi connectivity index (χ4v) is 1.67. The van der Waals surface area contributed by atoms with E-state index in [0.29, 0.717) is 6.29 Å². The van der Waals surface area contributed by atoms with Gasteiger partial charge in [-0.1, -0.05) is 12.1 Å². The van der Waals surface area contributed by atoms with Gasteiger partial charge in [0.05, 0.1) is 0 Å². The second kappa shape index (κ2) is 6.38. The van der Waals surface area contributed by atoms with Crippen LogP contribution in [0.4, 0.5) is 13.2 Å². The van der Waals surface area contributed by atoms with Crippen molar-refractivity contribution in [3.8, 4) is 5.75 Å². The standard InChI is InChI=1S/C12H11F3O5/c13-12(14,15)20-8-5-1-3-7(4-2-6-16)9(8)10(17)11(18)19/h1,3,5-6,10,17H,2,4H2,(H,18,19). The first kappa shape index (κ1) is 16.0. The van der Waals surface area contributed by atoms with Gasteiger partial charge in [-0.2, -0.15) is 0 Å². The number of carbonyl (C=O) groups is 2. The number of halogens is 3. The topological polar surface area (TPSA) is 83.8 Å². The highest BCUT2D eigenvalue weighted by molar-refractivity contribution is 5.76. The quantitative estimate of drug-likeness (QED) is 0.781. The summed E-state index contributed by atoms with van der Waals surface area (Å²) in [5, 5.41) is 18.3. The molecule has 5 nitrogen and oxygen atoms in total. The van der Waals surface area contributed by atoms with E-state index in [9.17, 15) is 27.9 Å². The van der Waals surface area contributed by atoms with E-state index in [1.807, 2.05) is 0 Å². The van der Waals surface area contributed by atoms with Gasteiger partial charge in [0.1, 0.15) is 12.0 Å². The van der Waals surface area contributed by atoms with Crippen LogP contribution >= 0.6 is 0 Å². The van der Waals surface area contributed by atoms with Crippen molar-refractivity contribution in [2.75, 3.05) is 0 Å². The van der Waals surface area contributed by atoms with Crippen LogP contribution in [0.3, 0.4) is 0 Å². The summed E-state index contributed by atoms with van der Waals surface area (Å²) in [5.74, 6) is -2.51. The normalized spacial score (nSPS) is 12.8. The van der Waals surface area contributed by atoms with E-state index in [-0.39, 0.29) is 18.4 Å². The van der Waals surface area contributed by atoms with Crippen molar-refractivity contribution in [1.29, 1.82) is 0 Å². The molecule has 0 aliphatic carbocycles. The largest absolute Gasteiger partial charge is 0.573 e. The molecule has 1 rings (SSSR count). The summed E-state index contributed by atoms with van der Waals surface area (Å²) in [7, 11) is 0. The van der Waals surface area contributed by atoms with Gasteiger partial charge >= 0.3 is 12.3 Å². The number of aliphatic hydroxyl groups excluding tert-OH is 1. The Morgan fingerprint density at radius 3 is 2.55 bits per heavy atom. The van der Waals surface area contributed by atoms with Crippen molar-refractivity contribution in [3.63, 3.8) is 0 Å². The van der Waals surface area contributed by atoms with Crippen molar-refractivity contribution in [2.45, 2.75) is 25.3 Å². The number of ether oxygens (including phenoxy) is 1. The number of hydrogen-bond donors (Lipinski definition) is 2. The van der Waals surface area contributed by atoms with Crippen molar-refractivity contribution in [1.82, 2.24) is 0 Å². The highest BCUT2D eigenvalue weighted by atomic mass is 19.4. The Bertz CT molecular complexity index is 498. The van der Waals surface area contributed by atoms with Gasteiger partial charge in [-0.25, -0.2) is 4.79 Å². The molecule has 1 aromatic carbocycles. The number of aldehydes is 1. The lowest BCUT2D eigenvalue weighted by atomic mass is 9.97. The van der Waals surface area contributed by atoms with Crippen molar-refractivity contribution >= 4 is 12.3 Å². The first-order chi connectivity index (χ1) is 9.26. The molecule has 0 spiro atoms. The van der Waals surface area contributed by atoms with Gasteiger partial charge in [0, 0.05) is 12.0 Å². The van der Waals surface area contributed by atoms with Crippen LogP contribution in [0.2, 0.25) is 0 Å². The average molecular weight is 292 g/mol. The maximum atomic E-state index is 12.3.